The maximum absolute atomic E-state index is 6.01. The third kappa shape index (κ3) is 2.26. The van der Waals surface area contributed by atoms with Gasteiger partial charge in [0.05, 0.1) is 11.4 Å². The molecule has 0 aliphatic carbocycles. The first-order valence-corrected chi connectivity index (χ1v) is 5.98. The van der Waals surface area contributed by atoms with Gasteiger partial charge >= 0.3 is 0 Å². The minimum Gasteiger partial charge on any atom is -0.381 e. The van der Waals surface area contributed by atoms with Crippen LogP contribution in [0.5, 0.6) is 0 Å². The molecule has 0 saturated heterocycles. The molecule has 1 heterocycles. The SMILES string of the molecule is CCCc1c(N)nnn1-c1cc(Cl)ccc1C. The van der Waals surface area contributed by atoms with E-state index >= 15 is 0 Å². The van der Waals surface area contributed by atoms with E-state index in [0.29, 0.717) is 10.8 Å². The van der Waals surface area contributed by atoms with Crippen LogP contribution in [0, 0.1) is 6.92 Å². The molecule has 4 nitrogen and oxygen atoms in total. The van der Waals surface area contributed by atoms with Crippen molar-refractivity contribution in [3.05, 3.63) is 34.5 Å². The second-order valence-electron chi connectivity index (χ2n) is 4.01. The zero-order valence-electron chi connectivity index (χ0n) is 9.94. The second-order valence-corrected chi connectivity index (χ2v) is 4.45. The Kier molecular flexibility index (Phi) is 3.33. The summed E-state index contributed by atoms with van der Waals surface area (Å²) in [5, 5.41) is 8.70. The highest BCUT2D eigenvalue weighted by Gasteiger charge is 2.12. The number of hydrogen-bond acceptors (Lipinski definition) is 3. The van der Waals surface area contributed by atoms with Gasteiger partial charge in [-0.25, -0.2) is 4.68 Å². The van der Waals surface area contributed by atoms with Crippen LogP contribution in [-0.2, 0) is 6.42 Å². The monoisotopic (exact) mass is 250 g/mol. The van der Waals surface area contributed by atoms with Crippen LogP contribution in [-0.4, -0.2) is 15.0 Å². The smallest absolute Gasteiger partial charge is 0.169 e. The van der Waals surface area contributed by atoms with E-state index < -0.39 is 0 Å². The number of rotatable bonds is 3. The van der Waals surface area contributed by atoms with Crippen molar-refractivity contribution in [2.75, 3.05) is 5.73 Å². The van der Waals surface area contributed by atoms with Crippen LogP contribution in [0.1, 0.15) is 24.6 Å². The zero-order valence-corrected chi connectivity index (χ0v) is 10.7. The molecule has 0 aliphatic rings. The van der Waals surface area contributed by atoms with Crippen molar-refractivity contribution < 1.29 is 0 Å². The summed E-state index contributed by atoms with van der Waals surface area (Å²) < 4.78 is 1.78. The Labute approximate surface area is 105 Å². The average Bonchev–Trinajstić information content (AvgIpc) is 2.65. The second kappa shape index (κ2) is 4.75. The molecule has 0 spiro atoms. The first-order valence-electron chi connectivity index (χ1n) is 5.60. The molecule has 0 unspecified atom stereocenters. The van der Waals surface area contributed by atoms with Crippen molar-refractivity contribution in [2.45, 2.75) is 26.7 Å². The quantitative estimate of drug-likeness (QED) is 0.911. The van der Waals surface area contributed by atoms with Crippen molar-refractivity contribution in [3.63, 3.8) is 0 Å². The molecular formula is C12H15ClN4. The number of aromatic nitrogens is 3. The van der Waals surface area contributed by atoms with Crippen molar-refractivity contribution >= 4 is 17.4 Å². The van der Waals surface area contributed by atoms with Gasteiger partial charge in [0.25, 0.3) is 0 Å². The summed E-state index contributed by atoms with van der Waals surface area (Å²) in [6.07, 6.45) is 1.85. The maximum Gasteiger partial charge on any atom is 0.169 e. The highest BCUT2D eigenvalue weighted by molar-refractivity contribution is 6.30. The number of nitrogens with zero attached hydrogens (tertiary/aromatic N) is 3. The highest BCUT2D eigenvalue weighted by atomic mass is 35.5. The van der Waals surface area contributed by atoms with Gasteiger partial charge in [-0.3, -0.25) is 0 Å². The number of nitrogen functional groups attached to an aromatic ring is 1. The number of hydrogen-bond donors (Lipinski definition) is 1. The van der Waals surface area contributed by atoms with Gasteiger partial charge < -0.3 is 5.73 Å². The van der Waals surface area contributed by atoms with Gasteiger partial charge in [-0.05, 0) is 31.0 Å². The molecule has 0 radical (unpaired) electrons. The Hall–Kier alpha value is -1.55. The Bertz CT molecular complexity index is 533. The summed E-state index contributed by atoms with van der Waals surface area (Å²) in [7, 11) is 0. The van der Waals surface area contributed by atoms with Crippen molar-refractivity contribution in [1.29, 1.82) is 0 Å². The van der Waals surface area contributed by atoms with Crippen LogP contribution < -0.4 is 5.73 Å². The fourth-order valence-corrected chi connectivity index (χ4v) is 1.95. The molecule has 0 saturated carbocycles. The molecule has 2 N–H and O–H groups in total. The lowest BCUT2D eigenvalue weighted by atomic mass is 10.2. The molecule has 1 aromatic carbocycles. The number of benzene rings is 1. The van der Waals surface area contributed by atoms with E-state index in [1.807, 2.05) is 25.1 Å². The molecule has 0 bridgehead atoms. The lowest BCUT2D eigenvalue weighted by molar-refractivity contribution is 0.742. The van der Waals surface area contributed by atoms with E-state index in [4.69, 9.17) is 17.3 Å². The van der Waals surface area contributed by atoms with E-state index in [-0.39, 0.29) is 0 Å². The largest absolute Gasteiger partial charge is 0.381 e. The zero-order chi connectivity index (χ0) is 12.4. The normalized spacial score (nSPS) is 10.8. The molecule has 2 rings (SSSR count). The average molecular weight is 251 g/mol. The number of anilines is 1. The molecule has 0 atom stereocenters. The Morgan fingerprint density at radius 3 is 2.88 bits per heavy atom. The lowest BCUT2D eigenvalue weighted by Crippen LogP contribution is -2.05. The molecular weight excluding hydrogens is 236 g/mol. The molecule has 0 fully saturated rings. The standard InChI is InChI=1S/C12H15ClN4/c1-3-4-10-12(14)15-16-17(10)11-7-9(13)6-5-8(11)2/h5-7H,3-4,14H2,1-2H3. The predicted octanol–water partition coefficient (Wildman–Crippen LogP) is 2.76. The van der Waals surface area contributed by atoms with Crippen molar-refractivity contribution in [2.24, 2.45) is 0 Å². The Morgan fingerprint density at radius 1 is 1.41 bits per heavy atom. The summed E-state index contributed by atoms with van der Waals surface area (Å²) in [4.78, 5) is 0. The van der Waals surface area contributed by atoms with Gasteiger partial charge in [0, 0.05) is 5.02 Å². The van der Waals surface area contributed by atoms with Gasteiger partial charge in [-0.15, -0.1) is 5.10 Å². The van der Waals surface area contributed by atoms with Crippen molar-refractivity contribution in [1.82, 2.24) is 15.0 Å². The topological polar surface area (TPSA) is 56.7 Å². The van der Waals surface area contributed by atoms with E-state index in [1.165, 1.54) is 0 Å². The van der Waals surface area contributed by atoms with Crippen molar-refractivity contribution in [3.8, 4) is 5.69 Å². The van der Waals surface area contributed by atoms with Gasteiger partial charge in [-0.1, -0.05) is 36.2 Å². The molecule has 1 aromatic heterocycles. The minimum atomic E-state index is 0.492. The fraction of sp³-hybridized carbons (Fsp3) is 0.333. The molecule has 90 valence electrons. The summed E-state index contributed by atoms with van der Waals surface area (Å²) >= 11 is 6.01. The van der Waals surface area contributed by atoms with E-state index in [0.717, 1.165) is 29.8 Å². The molecule has 17 heavy (non-hydrogen) atoms. The Balaban J connectivity index is 2.56. The number of aryl methyl sites for hydroxylation is 1. The van der Waals surface area contributed by atoms with Crippen LogP contribution in [0.2, 0.25) is 5.02 Å². The van der Waals surface area contributed by atoms with Gasteiger partial charge in [0.15, 0.2) is 5.82 Å². The summed E-state index contributed by atoms with van der Waals surface area (Å²) in [6, 6.07) is 5.70. The first-order chi connectivity index (χ1) is 8.13. The van der Waals surface area contributed by atoms with Crippen LogP contribution in [0.4, 0.5) is 5.82 Å². The van der Waals surface area contributed by atoms with Gasteiger partial charge in [0.1, 0.15) is 0 Å². The summed E-state index contributed by atoms with van der Waals surface area (Å²) in [5.41, 5.74) is 8.80. The fourth-order valence-electron chi connectivity index (χ4n) is 1.79. The molecule has 2 aromatic rings. The highest BCUT2D eigenvalue weighted by Crippen LogP contribution is 2.22. The minimum absolute atomic E-state index is 0.492. The van der Waals surface area contributed by atoms with Crippen LogP contribution in [0.15, 0.2) is 18.2 Å². The first kappa shape index (κ1) is 11.9. The maximum atomic E-state index is 6.01. The predicted molar refractivity (Wildman–Crippen MR) is 69.5 cm³/mol. The summed E-state index contributed by atoms with van der Waals surface area (Å²) in [5.74, 6) is 0.492. The summed E-state index contributed by atoms with van der Waals surface area (Å²) in [6.45, 7) is 4.11. The van der Waals surface area contributed by atoms with Gasteiger partial charge in [-0.2, -0.15) is 0 Å². The lowest BCUT2D eigenvalue weighted by Gasteiger charge is -2.09. The molecule has 5 heteroatoms. The third-order valence-electron chi connectivity index (χ3n) is 2.68. The van der Waals surface area contributed by atoms with Crippen LogP contribution in [0.25, 0.3) is 5.69 Å². The molecule has 0 aliphatic heterocycles. The number of nitrogens with two attached hydrogens (primary N) is 1. The van der Waals surface area contributed by atoms with E-state index in [1.54, 1.807) is 4.68 Å². The van der Waals surface area contributed by atoms with E-state index in [2.05, 4.69) is 17.2 Å². The Morgan fingerprint density at radius 2 is 2.18 bits per heavy atom. The van der Waals surface area contributed by atoms with Crippen LogP contribution >= 0.6 is 11.6 Å². The molecule has 0 amide bonds. The van der Waals surface area contributed by atoms with Crippen LogP contribution in [0.3, 0.4) is 0 Å². The third-order valence-corrected chi connectivity index (χ3v) is 2.91. The number of halogens is 1. The van der Waals surface area contributed by atoms with E-state index in [9.17, 15) is 0 Å². The van der Waals surface area contributed by atoms with Gasteiger partial charge in [0.2, 0.25) is 0 Å².